The first-order valence-electron chi connectivity index (χ1n) is 3.17. The van der Waals surface area contributed by atoms with Crippen molar-refractivity contribution in [1.29, 1.82) is 0 Å². The van der Waals surface area contributed by atoms with Gasteiger partial charge < -0.3 is 0 Å². The first-order chi connectivity index (χ1) is 5.65. The molecule has 0 aromatic carbocycles. The molecule has 0 aliphatic carbocycles. The minimum absolute atomic E-state index is 0.0300. The van der Waals surface area contributed by atoms with Gasteiger partial charge in [0.2, 0.25) is 0 Å². The summed E-state index contributed by atoms with van der Waals surface area (Å²) in [7, 11) is 0. The van der Waals surface area contributed by atoms with Crippen LogP contribution in [0, 0.1) is 17.0 Å². The Balaban J connectivity index is 3.20. The molecule has 1 aromatic heterocycles. The lowest BCUT2D eigenvalue weighted by molar-refractivity contribution is -0.385. The summed E-state index contributed by atoms with van der Waals surface area (Å²) in [6.07, 6.45) is 1.23. The van der Waals surface area contributed by atoms with Gasteiger partial charge in [-0.05, 0) is 18.9 Å². The summed E-state index contributed by atoms with van der Waals surface area (Å²) in [5.74, 6) is 5.28. The first-order valence-corrected chi connectivity index (χ1v) is 4.13. The molecule has 0 aliphatic heterocycles. The average Bonchev–Trinajstić information content (AvgIpc) is 2.03. The van der Waals surface area contributed by atoms with E-state index in [1.54, 1.807) is 13.0 Å². The number of hydrogen-bond acceptors (Lipinski definition) is 3. The molecule has 1 aromatic rings. The molecule has 1 rings (SSSR count). The number of aryl methyl sites for hydroxylation is 1. The van der Waals surface area contributed by atoms with Gasteiger partial charge in [0, 0.05) is 5.56 Å². The van der Waals surface area contributed by atoms with E-state index in [4.69, 9.17) is 5.87 Å². The van der Waals surface area contributed by atoms with Crippen LogP contribution in [-0.4, -0.2) is 15.8 Å². The zero-order chi connectivity index (χ0) is 9.14. The molecule has 4 nitrogen and oxygen atoms in total. The summed E-state index contributed by atoms with van der Waals surface area (Å²) in [6, 6.07) is 1.61. The van der Waals surface area contributed by atoms with Crippen LogP contribution in [0.15, 0.2) is 17.3 Å². The maximum absolute atomic E-state index is 10.4. The van der Waals surface area contributed by atoms with Gasteiger partial charge in [0.05, 0.1) is 9.95 Å². The lowest BCUT2D eigenvalue weighted by Crippen LogP contribution is -1.92. The van der Waals surface area contributed by atoms with Gasteiger partial charge in [-0.2, -0.15) is 11.4 Å². The third-order valence-electron chi connectivity index (χ3n) is 1.40. The van der Waals surface area contributed by atoms with Crippen molar-refractivity contribution in [1.82, 2.24) is 4.98 Å². The average molecular weight is 183 g/mol. The van der Waals surface area contributed by atoms with E-state index in [0.29, 0.717) is 21.9 Å². The number of rotatable bonds is 2. The van der Waals surface area contributed by atoms with Gasteiger partial charge in [-0.25, -0.2) is 4.98 Å². The highest BCUT2D eigenvalue weighted by Crippen LogP contribution is 2.18. The van der Waals surface area contributed by atoms with Crippen molar-refractivity contribution < 1.29 is 4.92 Å². The van der Waals surface area contributed by atoms with E-state index in [9.17, 15) is 10.1 Å². The molecule has 63 valence electrons. The fourth-order valence-corrected chi connectivity index (χ4v) is 1.19. The van der Waals surface area contributed by atoms with Gasteiger partial charge in [-0.1, -0.05) is 0 Å². The number of thiol groups is 1. The van der Waals surface area contributed by atoms with Crippen LogP contribution in [-0.2, 0) is 0 Å². The van der Waals surface area contributed by atoms with Gasteiger partial charge in [-0.15, -0.1) is 0 Å². The molecule has 0 unspecified atom stereocenters. The maximum atomic E-state index is 10.4. The van der Waals surface area contributed by atoms with Crippen LogP contribution in [0.5, 0.6) is 0 Å². The fraction of sp³-hybridized carbons (Fsp3) is 0.143. The van der Waals surface area contributed by atoms with Crippen molar-refractivity contribution in [3.05, 3.63) is 27.9 Å². The topological polar surface area (TPSA) is 56.0 Å². The minimum Gasteiger partial charge on any atom is -0.258 e. The van der Waals surface area contributed by atoms with Crippen molar-refractivity contribution in [3.63, 3.8) is 0 Å². The van der Waals surface area contributed by atoms with Crippen molar-refractivity contribution in [2.75, 3.05) is 0 Å². The second kappa shape index (κ2) is 3.44. The van der Waals surface area contributed by atoms with E-state index < -0.39 is 4.92 Å². The molecule has 0 amide bonds. The summed E-state index contributed by atoms with van der Waals surface area (Å²) in [5, 5.41) is 11.0. The Kier molecular flexibility index (Phi) is 2.54. The summed E-state index contributed by atoms with van der Waals surface area (Å²) < 4.78 is 0. The largest absolute Gasteiger partial charge is 0.290 e. The van der Waals surface area contributed by atoms with Crippen LogP contribution in [0.25, 0.3) is 0 Å². The highest BCUT2D eigenvalue weighted by atomic mass is 32.1. The number of nitrogens with zero attached hydrogens (tertiary/aromatic N) is 2. The van der Waals surface area contributed by atoms with Gasteiger partial charge in [0.15, 0.2) is 0 Å². The Morgan fingerprint density at radius 2 is 2.42 bits per heavy atom. The van der Waals surface area contributed by atoms with Crippen LogP contribution < -0.4 is 0 Å². The Labute approximate surface area is 73.4 Å². The standard InChI is InChI=1S/C7H7N2O2S/c1-5-3-7(12-2)8-4-6(5)9(10)11/h2-4,12H,1H3. The zero-order valence-electron chi connectivity index (χ0n) is 6.39. The van der Waals surface area contributed by atoms with Gasteiger partial charge in [-0.3, -0.25) is 10.1 Å². The normalized spacial score (nSPS) is 9.75. The van der Waals surface area contributed by atoms with Crippen molar-refractivity contribution in [3.8, 4) is 0 Å². The van der Waals surface area contributed by atoms with E-state index >= 15 is 0 Å². The molecule has 0 bridgehead atoms. The van der Waals surface area contributed by atoms with E-state index in [2.05, 4.69) is 4.98 Å². The molecular formula is C7H7N2O2S. The Bertz CT molecular complexity index is 338. The Hall–Kier alpha value is -1.23. The molecule has 0 N–H and O–H groups in total. The quantitative estimate of drug-likeness (QED) is 0.326. The second-order valence-electron chi connectivity index (χ2n) is 2.22. The molecule has 0 atom stereocenters. The molecule has 0 spiro atoms. The van der Waals surface area contributed by atoms with E-state index in [0.717, 1.165) is 0 Å². The van der Waals surface area contributed by atoms with Crippen LogP contribution >= 0.6 is 11.4 Å². The third kappa shape index (κ3) is 1.68. The number of hydrogen-bond donors (Lipinski definition) is 1. The highest BCUT2D eigenvalue weighted by Gasteiger charge is 2.09. The molecule has 5 heteroatoms. The first kappa shape index (κ1) is 8.86. The Morgan fingerprint density at radius 1 is 1.75 bits per heavy atom. The van der Waals surface area contributed by atoms with Crippen LogP contribution in [0.2, 0.25) is 0 Å². The van der Waals surface area contributed by atoms with Gasteiger partial charge in [0.25, 0.3) is 5.69 Å². The lowest BCUT2D eigenvalue weighted by Gasteiger charge is -1.96. The third-order valence-corrected chi connectivity index (χ3v) is 1.91. The number of aromatic nitrogens is 1. The number of pyridine rings is 1. The molecule has 1 radical (unpaired) electrons. The predicted molar refractivity (Wildman–Crippen MR) is 48.9 cm³/mol. The monoisotopic (exact) mass is 183 g/mol. The lowest BCUT2D eigenvalue weighted by atomic mass is 10.3. The fourth-order valence-electron chi connectivity index (χ4n) is 0.796. The molecule has 1 heterocycles. The summed E-state index contributed by atoms with van der Waals surface area (Å²) in [6.45, 7) is 1.66. The summed E-state index contributed by atoms with van der Waals surface area (Å²) in [5.41, 5.74) is 0.616. The maximum Gasteiger partial charge on any atom is 0.290 e. The summed E-state index contributed by atoms with van der Waals surface area (Å²) >= 11 is 0.526. The molecule has 0 aliphatic rings. The molecular weight excluding hydrogens is 176 g/mol. The SMILES string of the molecule is [CH]=[SH]c1cc(C)c([N+](=O)[O-])cn1. The zero-order valence-corrected chi connectivity index (χ0v) is 7.28. The summed E-state index contributed by atoms with van der Waals surface area (Å²) in [4.78, 5) is 13.7. The molecule has 0 saturated carbocycles. The van der Waals surface area contributed by atoms with Crippen LogP contribution in [0.4, 0.5) is 5.69 Å². The molecule has 12 heavy (non-hydrogen) atoms. The van der Waals surface area contributed by atoms with Crippen molar-refractivity contribution in [2.45, 2.75) is 11.9 Å². The van der Waals surface area contributed by atoms with Crippen molar-refractivity contribution in [2.24, 2.45) is 0 Å². The molecule has 0 fully saturated rings. The molecule has 0 saturated heterocycles. The van der Waals surface area contributed by atoms with Crippen molar-refractivity contribution >= 4 is 22.9 Å². The predicted octanol–water partition coefficient (Wildman–Crippen LogP) is 1.43. The second-order valence-corrected chi connectivity index (χ2v) is 2.93. The minimum atomic E-state index is -0.459. The smallest absolute Gasteiger partial charge is 0.258 e. The van der Waals surface area contributed by atoms with E-state index in [1.807, 2.05) is 0 Å². The van der Waals surface area contributed by atoms with Crippen LogP contribution in [0.3, 0.4) is 0 Å². The van der Waals surface area contributed by atoms with Gasteiger partial charge >= 0.3 is 0 Å². The highest BCUT2D eigenvalue weighted by molar-refractivity contribution is 7.96. The number of nitro groups is 1. The Morgan fingerprint density at radius 3 is 2.83 bits per heavy atom. The van der Waals surface area contributed by atoms with E-state index in [1.165, 1.54) is 6.20 Å². The van der Waals surface area contributed by atoms with E-state index in [-0.39, 0.29) is 5.69 Å². The van der Waals surface area contributed by atoms with Gasteiger partial charge in [0.1, 0.15) is 6.20 Å². The van der Waals surface area contributed by atoms with Crippen LogP contribution in [0.1, 0.15) is 5.56 Å².